The van der Waals surface area contributed by atoms with E-state index in [1.54, 1.807) is 0 Å². The van der Waals surface area contributed by atoms with Crippen LogP contribution in [0.3, 0.4) is 0 Å². The van der Waals surface area contributed by atoms with Crippen LogP contribution in [0.25, 0.3) is 0 Å². The number of ether oxygens (including phenoxy) is 1. The molecule has 2 nitrogen and oxygen atoms in total. The smallest absolute Gasteiger partial charge is 0.0495 e. The number of aryl methyl sites for hydroxylation is 2. The predicted molar refractivity (Wildman–Crippen MR) is 71.1 cm³/mol. The van der Waals surface area contributed by atoms with Gasteiger partial charge in [0.15, 0.2) is 0 Å². The van der Waals surface area contributed by atoms with Gasteiger partial charge in [-0.15, -0.1) is 0 Å². The molecule has 0 spiro atoms. The molecular weight excluding hydrogens is 210 g/mol. The normalized spacial score (nSPS) is 21.7. The van der Waals surface area contributed by atoms with Crippen molar-refractivity contribution in [1.29, 1.82) is 0 Å². The Morgan fingerprint density at radius 2 is 2.24 bits per heavy atom. The Morgan fingerprint density at radius 1 is 1.41 bits per heavy atom. The zero-order valence-electron chi connectivity index (χ0n) is 10.9. The average Bonchev–Trinajstić information content (AvgIpc) is 2.76. The summed E-state index contributed by atoms with van der Waals surface area (Å²) in [7, 11) is 0. The van der Waals surface area contributed by atoms with Gasteiger partial charge in [0, 0.05) is 19.3 Å². The predicted octanol–water partition coefficient (Wildman–Crippen LogP) is 2.60. The first kappa shape index (κ1) is 12.6. The van der Waals surface area contributed by atoms with Gasteiger partial charge in [-0.3, -0.25) is 0 Å². The number of hydrogen-bond acceptors (Lipinski definition) is 2. The second kappa shape index (κ2) is 5.65. The number of benzene rings is 1. The first-order valence-corrected chi connectivity index (χ1v) is 6.54. The van der Waals surface area contributed by atoms with Crippen LogP contribution in [-0.2, 0) is 11.2 Å². The third-order valence-corrected chi connectivity index (χ3v) is 3.65. The highest BCUT2D eigenvalue weighted by atomic mass is 16.5. The van der Waals surface area contributed by atoms with E-state index in [-0.39, 0.29) is 6.04 Å². The quantitative estimate of drug-likeness (QED) is 0.867. The van der Waals surface area contributed by atoms with Crippen LogP contribution in [0.15, 0.2) is 18.2 Å². The molecule has 1 aromatic rings. The van der Waals surface area contributed by atoms with E-state index in [0.29, 0.717) is 5.92 Å². The van der Waals surface area contributed by atoms with Crippen molar-refractivity contribution in [3.8, 4) is 0 Å². The Morgan fingerprint density at radius 3 is 2.94 bits per heavy atom. The second-order valence-electron chi connectivity index (χ2n) is 5.36. The van der Waals surface area contributed by atoms with E-state index in [1.807, 2.05) is 0 Å². The topological polar surface area (TPSA) is 35.2 Å². The van der Waals surface area contributed by atoms with Gasteiger partial charge in [0.25, 0.3) is 0 Å². The molecule has 0 aromatic heterocycles. The molecule has 0 aliphatic carbocycles. The van der Waals surface area contributed by atoms with Crippen LogP contribution < -0.4 is 5.73 Å². The van der Waals surface area contributed by atoms with Crippen molar-refractivity contribution in [2.45, 2.75) is 39.2 Å². The average molecular weight is 233 g/mol. The van der Waals surface area contributed by atoms with E-state index in [0.717, 1.165) is 26.1 Å². The standard InChI is InChI=1S/C15H23NO/c1-11-3-4-12(2)14(7-11)9-15(16)8-13-5-6-17-10-13/h3-4,7,13,15H,5-6,8-10,16H2,1-2H3. The highest BCUT2D eigenvalue weighted by molar-refractivity contribution is 5.31. The first-order valence-electron chi connectivity index (χ1n) is 6.54. The van der Waals surface area contributed by atoms with Crippen LogP contribution in [0, 0.1) is 19.8 Å². The molecule has 1 saturated heterocycles. The molecule has 2 N–H and O–H groups in total. The van der Waals surface area contributed by atoms with Crippen LogP contribution in [0.1, 0.15) is 29.5 Å². The van der Waals surface area contributed by atoms with Crippen LogP contribution >= 0.6 is 0 Å². The van der Waals surface area contributed by atoms with Gasteiger partial charge in [-0.05, 0) is 50.2 Å². The molecule has 2 heteroatoms. The summed E-state index contributed by atoms with van der Waals surface area (Å²) in [5.41, 5.74) is 10.3. The lowest BCUT2D eigenvalue weighted by Crippen LogP contribution is -2.26. The molecule has 1 heterocycles. The van der Waals surface area contributed by atoms with Crippen LogP contribution in [0.4, 0.5) is 0 Å². The maximum atomic E-state index is 6.25. The number of hydrogen-bond donors (Lipinski definition) is 1. The Kier molecular flexibility index (Phi) is 4.19. The summed E-state index contributed by atoms with van der Waals surface area (Å²) < 4.78 is 5.40. The molecule has 2 rings (SSSR count). The Balaban J connectivity index is 1.92. The maximum absolute atomic E-state index is 6.25. The Bertz CT molecular complexity index is 369. The van der Waals surface area contributed by atoms with Crippen molar-refractivity contribution in [1.82, 2.24) is 0 Å². The summed E-state index contributed by atoms with van der Waals surface area (Å²) in [5, 5.41) is 0. The molecule has 0 amide bonds. The van der Waals surface area contributed by atoms with Crippen LogP contribution in [0.5, 0.6) is 0 Å². The van der Waals surface area contributed by atoms with Crippen molar-refractivity contribution in [2.24, 2.45) is 11.7 Å². The summed E-state index contributed by atoms with van der Waals surface area (Å²) >= 11 is 0. The zero-order valence-corrected chi connectivity index (χ0v) is 10.9. The highest BCUT2D eigenvalue weighted by Gasteiger charge is 2.19. The Labute approximate surface area is 104 Å². The van der Waals surface area contributed by atoms with E-state index >= 15 is 0 Å². The molecule has 1 aliphatic rings. The van der Waals surface area contributed by atoms with Crippen LogP contribution in [-0.4, -0.2) is 19.3 Å². The monoisotopic (exact) mass is 233 g/mol. The minimum atomic E-state index is 0.266. The fourth-order valence-corrected chi connectivity index (χ4v) is 2.58. The maximum Gasteiger partial charge on any atom is 0.0495 e. The number of nitrogens with two attached hydrogens (primary N) is 1. The first-order chi connectivity index (χ1) is 8.15. The molecule has 1 fully saturated rings. The van der Waals surface area contributed by atoms with Crippen LogP contribution in [0.2, 0.25) is 0 Å². The van der Waals surface area contributed by atoms with Gasteiger partial charge in [-0.2, -0.15) is 0 Å². The van der Waals surface area contributed by atoms with Crippen molar-refractivity contribution >= 4 is 0 Å². The SMILES string of the molecule is Cc1ccc(C)c(CC(N)CC2CCOC2)c1. The third-order valence-electron chi connectivity index (χ3n) is 3.65. The van der Waals surface area contributed by atoms with Crippen molar-refractivity contribution in [3.05, 3.63) is 34.9 Å². The summed E-state index contributed by atoms with van der Waals surface area (Å²) in [6, 6.07) is 6.88. The molecule has 0 saturated carbocycles. The molecule has 2 atom stereocenters. The molecule has 0 radical (unpaired) electrons. The summed E-state index contributed by atoms with van der Waals surface area (Å²) in [6.07, 6.45) is 3.26. The van der Waals surface area contributed by atoms with Gasteiger partial charge >= 0.3 is 0 Å². The lowest BCUT2D eigenvalue weighted by molar-refractivity contribution is 0.182. The highest BCUT2D eigenvalue weighted by Crippen LogP contribution is 2.20. The molecule has 1 aliphatic heterocycles. The fraction of sp³-hybridized carbons (Fsp3) is 0.600. The molecule has 2 unspecified atom stereocenters. The van der Waals surface area contributed by atoms with Gasteiger partial charge in [0.05, 0.1) is 0 Å². The fourth-order valence-electron chi connectivity index (χ4n) is 2.58. The van der Waals surface area contributed by atoms with Gasteiger partial charge < -0.3 is 10.5 Å². The van der Waals surface area contributed by atoms with Gasteiger partial charge in [-0.1, -0.05) is 23.8 Å². The van der Waals surface area contributed by atoms with E-state index in [1.165, 1.54) is 23.1 Å². The minimum absolute atomic E-state index is 0.266. The van der Waals surface area contributed by atoms with E-state index in [9.17, 15) is 0 Å². The van der Waals surface area contributed by atoms with E-state index < -0.39 is 0 Å². The van der Waals surface area contributed by atoms with Gasteiger partial charge in [0.2, 0.25) is 0 Å². The lowest BCUT2D eigenvalue weighted by Gasteiger charge is -2.17. The van der Waals surface area contributed by atoms with Gasteiger partial charge in [0.1, 0.15) is 0 Å². The molecular formula is C15H23NO. The summed E-state index contributed by atoms with van der Waals surface area (Å²) in [5.74, 6) is 0.676. The minimum Gasteiger partial charge on any atom is -0.381 e. The van der Waals surface area contributed by atoms with Crippen molar-refractivity contribution in [2.75, 3.05) is 13.2 Å². The van der Waals surface area contributed by atoms with E-state index in [2.05, 4.69) is 32.0 Å². The molecule has 17 heavy (non-hydrogen) atoms. The number of rotatable bonds is 4. The zero-order chi connectivity index (χ0) is 12.3. The Hall–Kier alpha value is -0.860. The molecule has 1 aromatic carbocycles. The largest absolute Gasteiger partial charge is 0.381 e. The molecule has 94 valence electrons. The van der Waals surface area contributed by atoms with E-state index in [4.69, 9.17) is 10.5 Å². The van der Waals surface area contributed by atoms with Crippen molar-refractivity contribution in [3.63, 3.8) is 0 Å². The summed E-state index contributed by atoms with van der Waals surface area (Å²) in [6.45, 7) is 6.13. The lowest BCUT2D eigenvalue weighted by atomic mass is 9.93. The summed E-state index contributed by atoms with van der Waals surface area (Å²) in [4.78, 5) is 0. The molecule has 0 bridgehead atoms. The third kappa shape index (κ3) is 3.55. The van der Waals surface area contributed by atoms with Crippen molar-refractivity contribution < 1.29 is 4.74 Å². The second-order valence-corrected chi connectivity index (χ2v) is 5.36. The van der Waals surface area contributed by atoms with Gasteiger partial charge in [-0.25, -0.2) is 0 Å².